The van der Waals surface area contributed by atoms with Gasteiger partial charge in [0, 0.05) is 29.6 Å². The molecule has 1 aromatic carbocycles. The summed E-state index contributed by atoms with van der Waals surface area (Å²) >= 11 is 0. The van der Waals surface area contributed by atoms with Gasteiger partial charge in [-0.05, 0) is 43.0 Å². The lowest BCUT2D eigenvalue weighted by atomic mass is 10.0. The summed E-state index contributed by atoms with van der Waals surface area (Å²) in [5.41, 5.74) is 1.53. The zero-order chi connectivity index (χ0) is 12.8. The van der Waals surface area contributed by atoms with Crippen molar-refractivity contribution in [2.45, 2.75) is 24.9 Å². The molecule has 2 fully saturated rings. The third-order valence-electron chi connectivity index (χ3n) is 4.39. The molecule has 1 amide bonds. The molecule has 2 aromatic rings. The van der Waals surface area contributed by atoms with Crippen molar-refractivity contribution in [2.75, 3.05) is 6.54 Å². The van der Waals surface area contributed by atoms with Gasteiger partial charge >= 0.3 is 0 Å². The first-order valence-electron chi connectivity index (χ1n) is 6.81. The number of rotatable bonds is 2. The van der Waals surface area contributed by atoms with E-state index in [1.807, 2.05) is 24.3 Å². The predicted molar refractivity (Wildman–Crippen MR) is 72.0 cm³/mol. The van der Waals surface area contributed by atoms with Gasteiger partial charge in [0.2, 0.25) is 0 Å². The van der Waals surface area contributed by atoms with Gasteiger partial charge in [0.15, 0.2) is 0 Å². The van der Waals surface area contributed by atoms with Crippen LogP contribution in [0, 0.1) is 5.92 Å². The van der Waals surface area contributed by atoms with Crippen LogP contribution < -0.4 is 10.6 Å². The number of carbonyl (C=O) groups is 1. The summed E-state index contributed by atoms with van der Waals surface area (Å²) in [5, 5.41) is 7.60. The van der Waals surface area contributed by atoms with E-state index in [4.69, 9.17) is 4.42 Å². The minimum Gasteiger partial charge on any atom is -0.464 e. The fourth-order valence-corrected chi connectivity index (χ4v) is 3.37. The SMILES string of the molecule is O=C(NC1CC2CC1CN2)c1ccc2occc2c1. The van der Waals surface area contributed by atoms with Crippen molar-refractivity contribution in [2.24, 2.45) is 5.92 Å². The standard InChI is InChI=1S/C15H16N2O2/c18-15(17-13-7-12-6-11(13)8-16-12)10-1-2-14-9(5-10)3-4-19-14/h1-5,11-13,16H,6-8H2,(H,17,18). The number of carbonyl (C=O) groups excluding carboxylic acids is 1. The van der Waals surface area contributed by atoms with Crippen molar-refractivity contribution >= 4 is 16.9 Å². The maximum Gasteiger partial charge on any atom is 0.251 e. The molecule has 0 radical (unpaired) electrons. The highest BCUT2D eigenvalue weighted by Gasteiger charge is 2.40. The van der Waals surface area contributed by atoms with Gasteiger partial charge in [0.25, 0.3) is 5.91 Å². The monoisotopic (exact) mass is 256 g/mol. The second-order valence-corrected chi connectivity index (χ2v) is 5.59. The molecule has 19 heavy (non-hydrogen) atoms. The highest BCUT2D eigenvalue weighted by Crippen LogP contribution is 2.31. The number of amides is 1. The quantitative estimate of drug-likeness (QED) is 0.863. The zero-order valence-electron chi connectivity index (χ0n) is 10.6. The first-order chi connectivity index (χ1) is 9.29. The van der Waals surface area contributed by atoms with Crippen LogP contribution in [0.3, 0.4) is 0 Å². The third-order valence-corrected chi connectivity index (χ3v) is 4.39. The molecule has 1 aliphatic carbocycles. The van der Waals surface area contributed by atoms with Crippen molar-refractivity contribution in [3.63, 3.8) is 0 Å². The molecule has 1 aliphatic heterocycles. The second kappa shape index (κ2) is 4.10. The number of fused-ring (bicyclic) bond motifs is 3. The molecular weight excluding hydrogens is 240 g/mol. The van der Waals surface area contributed by atoms with E-state index in [2.05, 4.69) is 10.6 Å². The van der Waals surface area contributed by atoms with Crippen LogP contribution in [0.5, 0.6) is 0 Å². The maximum absolute atomic E-state index is 12.3. The molecule has 2 N–H and O–H groups in total. The molecule has 4 heteroatoms. The van der Waals surface area contributed by atoms with Crippen LogP contribution in [0.2, 0.25) is 0 Å². The number of hydrogen-bond acceptors (Lipinski definition) is 3. The first kappa shape index (κ1) is 11.1. The minimum absolute atomic E-state index is 0.0284. The van der Waals surface area contributed by atoms with E-state index in [9.17, 15) is 4.79 Å². The second-order valence-electron chi connectivity index (χ2n) is 5.59. The van der Waals surface area contributed by atoms with Crippen molar-refractivity contribution in [1.29, 1.82) is 0 Å². The molecule has 98 valence electrons. The van der Waals surface area contributed by atoms with Crippen molar-refractivity contribution in [1.82, 2.24) is 10.6 Å². The topological polar surface area (TPSA) is 54.3 Å². The Morgan fingerprint density at radius 2 is 2.26 bits per heavy atom. The molecule has 2 heterocycles. The highest BCUT2D eigenvalue weighted by molar-refractivity contribution is 5.97. The molecule has 1 aromatic heterocycles. The van der Waals surface area contributed by atoms with E-state index < -0.39 is 0 Å². The van der Waals surface area contributed by atoms with Crippen LogP contribution in [0.25, 0.3) is 11.0 Å². The average molecular weight is 256 g/mol. The van der Waals surface area contributed by atoms with Gasteiger partial charge in [0.05, 0.1) is 6.26 Å². The van der Waals surface area contributed by atoms with E-state index in [0.29, 0.717) is 23.6 Å². The van der Waals surface area contributed by atoms with E-state index in [1.165, 1.54) is 6.42 Å². The predicted octanol–water partition coefficient (Wildman–Crippen LogP) is 1.91. The summed E-state index contributed by atoms with van der Waals surface area (Å²) in [5.74, 6) is 0.632. The Morgan fingerprint density at radius 3 is 3.05 bits per heavy atom. The number of furan rings is 1. The van der Waals surface area contributed by atoms with E-state index in [1.54, 1.807) is 6.26 Å². The molecule has 1 saturated carbocycles. The van der Waals surface area contributed by atoms with Crippen molar-refractivity contribution in [3.8, 4) is 0 Å². The summed E-state index contributed by atoms with van der Waals surface area (Å²) in [4.78, 5) is 12.3. The number of piperidine rings is 1. The molecule has 4 rings (SSSR count). The fraction of sp³-hybridized carbons (Fsp3) is 0.400. The molecule has 3 unspecified atom stereocenters. The summed E-state index contributed by atoms with van der Waals surface area (Å²) in [7, 11) is 0. The largest absolute Gasteiger partial charge is 0.464 e. The van der Waals surface area contributed by atoms with Crippen LogP contribution in [0.15, 0.2) is 34.9 Å². The van der Waals surface area contributed by atoms with Crippen molar-refractivity contribution < 1.29 is 9.21 Å². The Balaban J connectivity index is 1.53. The van der Waals surface area contributed by atoms with Crippen LogP contribution in [0.4, 0.5) is 0 Å². The van der Waals surface area contributed by atoms with Crippen LogP contribution in [0.1, 0.15) is 23.2 Å². The Labute approximate surface area is 111 Å². The van der Waals surface area contributed by atoms with E-state index in [0.717, 1.165) is 23.9 Å². The molecule has 2 bridgehead atoms. The molecule has 1 saturated heterocycles. The average Bonchev–Trinajstić information content (AvgIpc) is 3.13. The van der Waals surface area contributed by atoms with E-state index >= 15 is 0 Å². The van der Waals surface area contributed by atoms with Crippen LogP contribution >= 0.6 is 0 Å². The number of hydrogen-bond donors (Lipinski definition) is 2. The zero-order valence-corrected chi connectivity index (χ0v) is 10.6. The lowest BCUT2D eigenvalue weighted by Crippen LogP contribution is -2.44. The number of nitrogens with one attached hydrogen (secondary N) is 2. The van der Waals surface area contributed by atoms with Gasteiger partial charge in [-0.15, -0.1) is 0 Å². The lowest BCUT2D eigenvalue weighted by molar-refractivity contribution is 0.0925. The molecule has 4 nitrogen and oxygen atoms in total. The summed E-state index contributed by atoms with van der Waals surface area (Å²) < 4.78 is 5.29. The number of benzene rings is 1. The van der Waals surface area contributed by atoms with Crippen LogP contribution in [-0.4, -0.2) is 24.5 Å². The first-order valence-corrected chi connectivity index (χ1v) is 6.81. The Bertz CT molecular complexity index is 634. The molecule has 3 atom stereocenters. The summed E-state index contributed by atoms with van der Waals surface area (Å²) in [6.45, 7) is 1.04. The fourth-order valence-electron chi connectivity index (χ4n) is 3.37. The van der Waals surface area contributed by atoms with Gasteiger partial charge < -0.3 is 15.1 Å². The smallest absolute Gasteiger partial charge is 0.251 e. The normalized spacial score (nSPS) is 28.9. The highest BCUT2D eigenvalue weighted by atomic mass is 16.3. The Hall–Kier alpha value is -1.81. The van der Waals surface area contributed by atoms with Crippen LogP contribution in [-0.2, 0) is 0 Å². The van der Waals surface area contributed by atoms with E-state index in [-0.39, 0.29) is 5.91 Å². The Kier molecular flexibility index (Phi) is 2.38. The summed E-state index contributed by atoms with van der Waals surface area (Å²) in [6, 6.07) is 8.39. The van der Waals surface area contributed by atoms with Gasteiger partial charge in [0.1, 0.15) is 5.58 Å². The molecule has 0 spiro atoms. The van der Waals surface area contributed by atoms with Gasteiger partial charge in [-0.3, -0.25) is 4.79 Å². The van der Waals surface area contributed by atoms with Crippen molar-refractivity contribution in [3.05, 3.63) is 36.1 Å². The Morgan fingerprint density at radius 1 is 1.32 bits per heavy atom. The maximum atomic E-state index is 12.3. The molecule has 2 aliphatic rings. The third kappa shape index (κ3) is 1.83. The molecular formula is C15H16N2O2. The van der Waals surface area contributed by atoms with Gasteiger partial charge in [-0.25, -0.2) is 0 Å². The minimum atomic E-state index is 0.0284. The van der Waals surface area contributed by atoms with Gasteiger partial charge in [-0.1, -0.05) is 0 Å². The summed E-state index contributed by atoms with van der Waals surface area (Å²) in [6.07, 6.45) is 3.91. The lowest BCUT2D eigenvalue weighted by Gasteiger charge is -2.23. The van der Waals surface area contributed by atoms with Gasteiger partial charge in [-0.2, -0.15) is 0 Å².